The lowest BCUT2D eigenvalue weighted by molar-refractivity contribution is 0.101. The van der Waals surface area contributed by atoms with E-state index >= 15 is 0 Å². The number of hydrogen-bond donors (Lipinski definition) is 1. The van der Waals surface area contributed by atoms with Crippen molar-refractivity contribution in [3.63, 3.8) is 0 Å². The number of hydrogen-bond acceptors (Lipinski definition) is 6. The smallest absolute Gasteiger partial charge is 0.277 e. The number of aryl methyl sites for hydroxylation is 2. The van der Waals surface area contributed by atoms with Crippen LogP contribution in [0.25, 0.3) is 22.8 Å². The number of carbonyl (C=O) groups excluding carboxylic acids is 1. The van der Waals surface area contributed by atoms with Gasteiger partial charge in [0.1, 0.15) is 0 Å². The molecule has 1 N–H and O–H groups in total. The normalized spacial score (nSPS) is 13.2. The third-order valence-corrected chi connectivity index (χ3v) is 5.74. The molecule has 4 aromatic rings. The minimum atomic E-state index is -0.367. The van der Waals surface area contributed by atoms with Gasteiger partial charge < -0.3 is 14.4 Å². The molecule has 7 heteroatoms. The van der Waals surface area contributed by atoms with Gasteiger partial charge in [-0.05, 0) is 55.0 Å². The van der Waals surface area contributed by atoms with E-state index in [1.54, 1.807) is 12.1 Å². The highest BCUT2D eigenvalue weighted by atomic mass is 16.5. The van der Waals surface area contributed by atoms with Crippen LogP contribution >= 0.6 is 0 Å². The molecule has 0 aliphatic heterocycles. The summed E-state index contributed by atoms with van der Waals surface area (Å²) in [6, 6.07) is 15.3. The number of rotatable bonds is 5. The van der Waals surface area contributed by atoms with E-state index in [0.29, 0.717) is 28.7 Å². The van der Waals surface area contributed by atoms with Crippen molar-refractivity contribution in [2.45, 2.75) is 45.4 Å². The molecule has 2 aromatic carbocycles. The predicted molar refractivity (Wildman–Crippen MR) is 120 cm³/mol. The van der Waals surface area contributed by atoms with Crippen LogP contribution in [0, 0.1) is 0 Å². The Bertz CT molecular complexity index is 1270. The van der Waals surface area contributed by atoms with Gasteiger partial charge in [0.25, 0.3) is 11.8 Å². The standard InChI is InChI=1S/C25H24N4O3/c1-15(2)23-27-25(32-29-23)19-9-5-6-10-20(19)26-24(30)21-14-22(31-28-21)18-12-11-16-7-3-4-8-17(16)13-18/h5-6,9-15H,3-4,7-8H2,1-2H3,(H,26,30). The van der Waals surface area contributed by atoms with E-state index in [9.17, 15) is 4.79 Å². The van der Waals surface area contributed by atoms with Gasteiger partial charge in [0, 0.05) is 17.5 Å². The van der Waals surface area contributed by atoms with Crippen LogP contribution in [0.2, 0.25) is 0 Å². The monoisotopic (exact) mass is 428 g/mol. The van der Waals surface area contributed by atoms with Crippen LogP contribution in [0.3, 0.4) is 0 Å². The molecule has 2 heterocycles. The molecule has 0 spiro atoms. The van der Waals surface area contributed by atoms with Gasteiger partial charge in [-0.15, -0.1) is 0 Å². The van der Waals surface area contributed by atoms with Crippen LogP contribution in [0.15, 0.2) is 57.6 Å². The maximum atomic E-state index is 12.9. The Balaban J connectivity index is 1.37. The van der Waals surface area contributed by atoms with Crippen molar-refractivity contribution in [1.29, 1.82) is 0 Å². The number of amides is 1. The Hall–Kier alpha value is -3.74. The summed E-state index contributed by atoms with van der Waals surface area (Å²) < 4.78 is 10.9. The number of benzene rings is 2. The number of nitrogens with zero attached hydrogens (tertiary/aromatic N) is 3. The van der Waals surface area contributed by atoms with Gasteiger partial charge >= 0.3 is 0 Å². The molecule has 1 amide bonds. The average Bonchev–Trinajstić information content (AvgIpc) is 3.50. The van der Waals surface area contributed by atoms with Crippen LogP contribution in [-0.2, 0) is 12.8 Å². The van der Waals surface area contributed by atoms with E-state index in [2.05, 4.69) is 32.7 Å². The van der Waals surface area contributed by atoms with Crippen molar-refractivity contribution >= 4 is 11.6 Å². The van der Waals surface area contributed by atoms with E-state index in [1.165, 1.54) is 24.0 Å². The second kappa shape index (κ2) is 8.42. The lowest BCUT2D eigenvalue weighted by Crippen LogP contribution is -2.13. The van der Waals surface area contributed by atoms with E-state index in [-0.39, 0.29) is 17.5 Å². The van der Waals surface area contributed by atoms with Crippen molar-refractivity contribution in [3.05, 3.63) is 71.2 Å². The number of aromatic nitrogens is 3. The predicted octanol–water partition coefficient (Wildman–Crippen LogP) is 5.65. The molecule has 0 radical (unpaired) electrons. The van der Waals surface area contributed by atoms with Gasteiger partial charge in [-0.2, -0.15) is 4.98 Å². The molecule has 0 fully saturated rings. The Morgan fingerprint density at radius 1 is 0.969 bits per heavy atom. The van der Waals surface area contributed by atoms with Crippen molar-refractivity contribution in [1.82, 2.24) is 15.3 Å². The van der Waals surface area contributed by atoms with Crippen LogP contribution in [0.1, 0.15) is 60.0 Å². The van der Waals surface area contributed by atoms with Gasteiger partial charge in [0.15, 0.2) is 17.3 Å². The first-order chi connectivity index (χ1) is 15.6. The Morgan fingerprint density at radius 2 is 1.78 bits per heavy atom. The van der Waals surface area contributed by atoms with Crippen LogP contribution in [-0.4, -0.2) is 21.2 Å². The summed E-state index contributed by atoms with van der Waals surface area (Å²) in [6.07, 6.45) is 4.65. The molecule has 7 nitrogen and oxygen atoms in total. The lowest BCUT2D eigenvalue weighted by Gasteiger charge is -2.15. The summed E-state index contributed by atoms with van der Waals surface area (Å²) in [7, 11) is 0. The third kappa shape index (κ3) is 3.93. The molecule has 0 atom stereocenters. The minimum absolute atomic E-state index is 0.145. The third-order valence-electron chi connectivity index (χ3n) is 5.74. The molecule has 1 aliphatic carbocycles. The number of carbonyl (C=O) groups is 1. The fourth-order valence-corrected chi connectivity index (χ4v) is 3.95. The van der Waals surface area contributed by atoms with Crippen LogP contribution in [0.5, 0.6) is 0 Å². The molecule has 2 aromatic heterocycles. The van der Waals surface area contributed by atoms with Crippen LogP contribution < -0.4 is 5.32 Å². The molecule has 0 saturated carbocycles. The largest absolute Gasteiger partial charge is 0.355 e. The van der Waals surface area contributed by atoms with Gasteiger partial charge in [-0.1, -0.05) is 48.4 Å². The highest BCUT2D eigenvalue weighted by molar-refractivity contribution is 6.05. The second-order valence-corrected chi connectivity index (χ2v) is 8.38. The average molecular weight is 428 g/mol. The molecule has 162 valence electrons. The van der Waals surface area contributed by atoms with Gasteiger partial charge in [0.2, 0.25) is 0 Å². The SMILES string of the molecule is CC(C)c1noc(-c2ccccc2NC(=O)c2cc(-c3ccc4c(c3)CCCC4)on2)n1. The van der Waals surface area contributed by atoms with Gasteiger partial charge in [-0.25, -0.2) is 0 Å². The Morgan fingerprint density at radius 3 is 2.59 bits per heavy atom. The molecular weight excluding hydrogens is 404 g/mol. The van der Waals surface area contributed by atoms with E-state index in [1.807, 2.05) is 38.1 Å². The molecular formula is C25H24N4O3. The minimum Gasteiger partial charge on any atom is -0.355 e. The Kier molecular flexibility index (Phi) is 5.31. The molecule has 0 bridgehead atoms. The number of nitrogens with one attached hydrogen (secondary N) is 1. The second-order valence-electron chi connectivity index (χ2n) is 8.38. The van der Waals surface area contributed by atoms with Gasteiger partial charge in [0.05, 0.1) is 11.3 Å². The summed E-state index contributed by atoms with van der Waals surface area (Å²) in [4.78, 5) is 17.3. The molecule has 0 unspecified atom stereocenters. The zero-order valence-electron chi connectivity index (χ0n) is 18.1. The molecule has 5 rings (SSSR count). The van der Waals surface area contributed by atoms with Crippen molar-refractivity contribution in [2.24, 2.45) is 0 Å². The highest BCUT2D eigenvalue weighted by Crippen LogP contribution is 2.30. The summed E-state index contributed by atoms with van der Waals surface area (Å²) in [5.41, 5.74) is 5.11. The number of fused-ring (bicyclic) bond motifs is 1. The zero-order chi connectivity index (χ0) is 22.1. The molecule has 1 aliphatic rings. The summed E-state index contributed by atoms with van der Waals surface area (Å²) in [6.45, 7) is 3.99. The number of anilines is 1. The number of para-hydroxylation sites is 1. The van der Waals surface area contributed by atoms with E-state index < -0.39 is 0 Å². The quantitative estimate of drug-likeness (QED) is 0.442. The topological polar surface area (TPSA) is 94.1 Å². The van der Waals surface area contributed by atoms with Crippen molar-refractivity contribution in [2.75, 3.05) is 5.32 Å². The molecule has 32 heavy (non-hydrogen) atoms. The van der Waals surface area contributed by atoms with Crippen molar-refractivity contribution < 1.29 is 13.8 Å². The first-order valence-electron chi connectivity index (χ1n) is 10.9. The maximum absolute atomic E-state index is 12.9. The van der Waals surface area contributed by atoms with Crippen molar-refractivity contribution in [3.8, 4) is 22.8 Å². The zero-order valence-corrected chi connectivity index (χ0v) is 18.1. The van der Waals surface area contributed by atoms with Crippen LogP contribution in [0.4, 0.5) is 5.69 Å². The Labute approximate surface area is 185 Å². The summed E-state index contributed by atoms with van der Waals surface area (Å²) in [5, 5.41) is 10.9. The fraction of sp³-hybridized carbons (Fsp3) is 0.280. The van der Waals surface area contributed by atoms with Gasteiger partial charge in [-0.3, -0.25) is 4.79 Å². The van der Waals surface area contributed by atoms with E-state index in [0.717, 1.165) is 18.4 Å². The summed E-state index contributed by atoms with van der Waals surface area (Å²) in [5.74, 6) is 1.34. The lowest BCUT2D eigenvalue weighted by atomic mass is 9.90. The fourth-order valence-electron chi connectivity index (χ4n) is 3.95. The first-order valence-corrected chi connectivity index (χ1v) is 10.9. The maximum Gasteiger partial charge on any atom is 0.277 e. The molecule has 0 saturated heterocycles. The van der Waals surface area contributed by atoms with E-state index in [4.69, 9.17) is 9.05 Å². The summed E-state index contributed by atoms with van der Waals surface area (Å²) >= 11 is 0. The highest BCUT2D eigenvalue weighted by Gasteiger charge is 2.19. The first kappa shape index (κ1) is 20.2.